The maximum Gasteiger partial charge on any atom is 0.212 e. The van der Waals surface area contributed by atoms with E-state index in [1.54, 1.807) is 13.3 Å². The van der Waals surface area contributed by atoms with Gasteiger partial charge in [-0.15, -0.1) is 0 Å². The van der Waals surface area contributed by atoms with Crippen LogP contribution in [-0.2, 0) is 0 Å². The van der Waals surface area contributed by atoms with Crippen molar-refractivity contribution in [2.75, 3.05) is 12.4 Å². The first kappa shape index (κ1) is 14.9. The SMILES string of the molecule is COc1ccc(-c2nc(NC3CC3)c3ncn(C(C)C)c3n2)cn1. The third kappa shape index (κ3) is 2.66. The highest BCUT2D eigenvalue weighted by molar-refractivity contribution is 5.85. The number of fused-ring (bicyclic) bond motifs is 1. The molecule has 0 unspecified atom stereocenters. The molecule has 124 valence electrons. The number of rotatable bonds is 5. The van der Waals surface area contributed by atoms with Gasteiger partial charge in [0.2, 0.25) is 5.88 Å². The van der Waals surface area contributed by atoms with Gasteiger partial charge in [0, 0.05) is 29.9 Å². The van der Waals surface area contributed by atoms with Crippen LogP contribution in [0.25, 0.3) is 22.6 Å². The van der Waals surface area contributed by atoms with Gasteiger partial charge in [0.05, 0.1) is 13.4 Å². The molecule has 3 aromatic rings. The van der Waals surface area contributed by atoms with E-state index in [4.69, 9.17) is 14.7 Å². The fourth-order valence-electron chi connectivity index (χ4n) is 2.58. The lowest BCUT2D eigenvalue weighted by atomic mass is 10.2. The molecular weight excluding hydrogens is 304 g/mol. The second-order valence-electron chi connectivity index (χ2n) is 6.32. The van der Waals surface area contributed by atoms with E-state index < -0.39 is 0 Å². The van der Waals surface area contributed by atoms with Crippen molar-refractivity contribution in [3.8, 4) is 17.3 Å². The minimum absolute atomic E-state index is 0.278. The average Bonchev–Trinajstić information content (AvgIpc) is 3.30. The van der Waals surface area contributed by atoms with Crippen molar-refractivity contribution in [2.45, 2.75) is 38.8 Å². The lowest BCUT2D eigenvalue weighted by Crippen LogP contribution is -2.07. The number of imidazole rings is 1. The summed E-state index contributed by atoms with van der Waals surface area (Å²) in [4.78, 5) is 18.2. The third-order valence-corrected chi connectivity index (χ3v) is 4.10. The molecule has 1 aliphatic carbocycles. The van der Waals surface area contributed by atoms with Crippen molar-refractivity contribution in [1.82, 2.24) is 24.5 Å². The molecule has 3 heterocycles. The standard InChI is InChI=1S/C17H20N6O/c1-10(2)23-9-19-14-16(20-12-5-6-12)21-15(22-17(14)23)11-4-7-13(24-3)18-8-11/h4,7-10,12H,5-6H2,1-3H3,(H,20,21,22). The molecule has 1 fully saturated rings. The lowest BCUT2D eigenvalue weighted by Gasteiger charge is -2.11. The molecule has 0 atom stereocenters. The van der Waals surface area contributed by atoms with Gasteiger partial charge < -0.3 is 14.6 Å². The van der Waals surface area contributed by atoms with E-state index in [0.29, 0.717) is 17.7 Å². The van der Waals surface area contributed by atoms with Gasteiger partial charge in [0.15, 0.2) is 17.3 Å². The molecule has 7 heteroatoms. The van der Waals surface area contributed by atoms with Gasteiger partial charge in [-0.05, 0) is 32.8 Å². The smallest absolute Gasteiger partial charge is 0.212 e. The Bertz CT molecular complexity index is 867. The van der Waals surface area contributed by atoms with Crippen LogP contribution in [0.15, 0.2) is 24.7 Å². The lowest BCUT2D eigenvalue weighted by molar-refractivity contribution is 0.398. The Balaban J connectivity index is 1.85. The number of anilines is 1. The minimum Gasteiger partial charge on any atom is -0.481 e. The van der Waals surface area contributed by atoms with Crippen molar-refractivity contribution in [1.29, 1.82) is 0 Å². The zero-order valence-electron chi connectivity index (χ0n) is 14.0. The highest BCUT2D eigenvalue weighted by atomic mass is 16.5. The zero-order valence-corrected chi connectivity index (χ0v) is 14.0. The van der Waals surface area contributed by atoms with E-state index >= 15 is 0 Å². The number of pyridine rings is 1. The molecule has 3 aromatic heterocycles. The number of nitrogens with zero attached hydrogens (tertiary/aromatic N) is 5. The van der Waals surface area contributed by atoms with E-state index in [-0.39, 0.29) is 6.04 Å². The van der Waals surface area contributed by atoms with Crippen molar-refractivity contribution in [3.05, 3.63) is 24.7 Å². The Hall–Kier alpha value is -2.70. The Kier molecular flexibility index (Phi) is 3.55. The van der Waals surface area contributed by atoms with Crippen molar-refractivity contribution >= 4 is 17.0 Å². The number of methoxy groups -OCH3 is 1. The Morgan fingerprint density at radius 1 is 1.21 bits per heavy atom. The number of hydrogen-bond donors (Lipinski definition) is 1. The molecule has 0 saturated heterocycles. The Morgan fingerprint density at radius 2 is 2.04 bits per heavy atom. The van der Waals surface area contributed by atoms with Crippen LogP contribution >= 0.6 is 0 Å². The number of hydrogen-bond acceptors (Lipinski definition) is 6. The third-order valence-electron chi connectivity index (χ3n) is 4.10. The number of aromatic nitrogens is 5. The van der Waals surface area contributed by atoms with Gasteiger partial charge in [0.25, 0.3) is 0 Å². The summed E-state index contributed by atoms with van der Waals surface area (Å²) in [6, 6.07) is 4.51. The van der Waals surface area contributed by atoms with Crippen LogP contribution in [0, 0.1) is 0 Å². The number of ether oxygens (including phenoxy) is 1. The molecular formula is C17H20N6O. The summed E-state index contributed by atoms with van der Waals surface area (Å²) in [6.45, 7) is 4.23. The van der Waals surface area contributed by atoms with Crippen molar-refractivity contribution in [2.24, 2.45) is 0 Å². The van der Waals surface area contributed by atoms with E-state index in [9.17, 15) is 0 Å². The molecule has 24 heavy (non-hydrogen) atoms. The number of nitrogens with one attached hydrogen (secondary N) is 1. The summed E-state index contributed by atoms with van der Waals surface area (Å²) in [7, 11) is 1.60. The first-order valence-corrected chi connectivity index (χ1v) is 8.17. The largest absolute Gasteiger partial charge is 0.481 e. The van der Waals surface area contributed by atoms with Crippen LogP contribution in [0.1, 0.15) is 32.7 Å². The molecule has 0 amide bonds. The molecule has 1 N–H and O–H groups in total. The summed E-state index contributed by atoms with van der Waals surface area (Å²) >= 11 is 0. The van der Waals surface area contributed by atoms with Crippen molar-refractivity contribution < 1.29 is 4.74 Å². The monoisotopic (exact) mass is 324 g/mol. The predicted molar refractivity (Wildman–Crippen MR) is 92.1 cm³/mol. The first-order valence-electron chi connectivity index (χ1n) is 8.17. The van der Waals surface area contributed by atoms with E-state index in [0.717, 1.165) is 22.5 Å². The fourth-order valence-corrected chi connectivity index (χ4v) is 2.58. The fraction of sp³-hybridized carbons (Fsp3) is 0.412. The molecule has 0 bridgehead atoms. The highest BCUT2D eigenvalue weighted by Gasteiger charge is 2.24. The van der Waals surface area contributed by atoms with Gasteiger partial charge in [-0.3, -0.25) is 0 Å². The molecule has 0 radical (unpaired) electrons. The van der Waals surface area contributed by atoms with Gasteiger partial charge in [-0.2, -0.15) is 0 Å². The predicted octanol–water partition coefficient (Wildman–Crippen LogP) is 3.05. The van der Waals surface area contributed by atoms with Crippen LogP contribution in [0.2, 0.25) is 0 Å². The molecule has 1 aliphatic rings. The molecule has 4 rings (SSSR count). The van der Waals surface area contributed by atoms with Gasteiger partial charge in [0.1, 0.15) is 5.52 Å². The topological polar surface area (TPSA) is 77.8 Å². The van der Waals surface area contributed by atoms with Crippen LogP contribution in [0.3, 0.4) is 0 Å². The maximum absolute atomic E-state index is 5.12. The average molecular weight is 324 g/mol. The summed E-state index contributed by atoms with van der Waals surface area (Å²) < 4.78 is 7.18. The molecule has 1 saturated carbocycles. The first-order chi connectivity index (χ1) is 11.7. The van der Waals surface area contributed by atoms with Crippen LogP contribution in [-0.4, -0.2) is 37.7 Å². The summed E-state index contributed by atoms with van der Waals surface area (Å²) in [5.74, 6) is 2.01. The van der Waals surface area contributed by atoms with Crippen LogP contribution < -0.4 is 10.1 Å². The Labute approximate surface area is 140 Å². The van der Waals surface area contributed by atoms with Crippen LogP contribution in [0.5, 0.6) is 5.88 Å². The maximum atomic E-state index is 5.12. The zero-order chi connectivity index (χ0) is 16.7. The second kappa shape index (κ2) is 5.74. The Morgan fingerprint density at radius 3 is 2.67 bits per heavy atom. The molecule has 0 aliphatic heterocycles. The molecule has 0 spiro atoms. The summed E-state index contributed by atoms with van der Waals surface area (Å²) in [5, 5.41) is 3.47. The molecule has 7 nitrogen and oxygen atoms in total. The van der Waals surface area contributed by atoms with E-state index in [1.165, 1.54) is 12.8 Å². The van der Waals surface area contributed by atoms with Gasteiger partial charge in [-0.1, -0.05) is 0 Å². The normalized spacial score (nSPS) is 14.3. The summed E-state index contributed by atoms with van der Waals surface area (Å²) in [5.41, 5.74) is 2.52. The van der Waals surface area contributed by atoms with Gasteiger partial charge in [-0.25, -0.2) is 19.9 Å². The van der Waals surface area contributed by atoms with Crippen molar-refractivity contribution in [3.63, 3.8) is 0 Å². The highest BCUT2D eigenvalue weighted by Crippen LogP contribution is 2.30. The van der Waals surface area contributed by atoms with E-state index in [2.05, 4.69) is 33.7 Å². The molecule has 0 aromatic carbocycles. The summed E-state index contributed by atoms with van der Waals surface area (Å²) in [6.07, 6.45) is 5.92. The van der Waals surface area contributed by atoms with E-state index in [1.807, 2.05) is 18.5 Å². The van der Waals surface area contributed by atoms with Gasteiger partial charge >= 0.3 is 0 Å². The second-order valence-corrected chi connectivity index (χ2v) is 6.32. The minimum atomic E-state index is 0.278. The van der Waals surface area contributed by atoms with Crippen LogP contribution in [0.4, 0.5) is 5.82 Å². The quantitative estimate of drug-likeness (QED) is 0.777.